The fourth-order valence-corrected chi connectivity index (χ4v) is 2.99. The van der Waals surface area contributed by atoms with E-state index in [9.17, 15) is 20.5 Å². The summed E-state index contributed by atoms with van der Waals surface area (Å²) in [6.07, 6.45) is 1.44. The molecule has 0 aliphatic carbocycles. The van der Waals surface area contributed by atoms with Crippen LogP contribution in [0.2, 0.25) is 0 Å². The molecule has 0 bridgehead atoms. The largest absolute Gasteiger partial charge is 0.507 e. The van der Waals surface area contributed by atoms with Gasteiger partial charge in [0.05, 0.1) is 36.3 Å². The summed E-state index contributed by atoms with van der Waals surface area (Å²) in [4.78, 5) is 11.0. The highest BCUT2D eigenvalue weighted by atomic mass is 16.6. The standard InChI is InChI=1S/C21H16N2O5/c1-27-20-10-16(18(23(25)26)11-21(20)28-2)14(12-22)9-17-15-6-4-3-5-13(15)7-8-19(17)24/h3-11,24H,1-2H3/b14-9+. The predicted octanol–water partition coefficient (Wildman–Crippen LogP) is 4.53. The van der Waals surface area contributed by atoms with Crippen LogP contribution in [-0.4, -0.2) is 24.2 Å². The number of nitro groups is 1. The molecule has 0 fully saturated rings. The number of rotatable bonds is 5. The van der Waals surface area contributed by atoms with Crippen LogP contribution in [0.5, 0.6) is 17.2 Å². The predicted molar refractivity (Wildman–Crippen MR) is 105 cm³/mol. The summed E-state index contributed by atoms with van der Waals surface area (Å²) >= 11 is 0. The molecule has 0 spiro atoms. The molecule has 3 aromatic rings. The topological polar surface area (TPSA) is 106 Å². The molecule has 7 heteroatoms. The highest BCUT2D eigenvalue weighted by Crippen LogP contribution is 2.39. The number of aromatic hydroxyl groups is 1. The van der Waals surface area contributed by atoms with Crippen LogP contribution in [0.4, 0.5) is 5.69 Å². The maximum Gasteiger partial charge on any atom is 0.281 e. The first-order valence-corrected chi connectivity index (χ1v) is 8.23. The number of phenols is 1. The van der Waals surface area contributed by atoms with Crippen molar-refractivity contribution in [3.05, 3.63) is 69.8 Å². The number of nitro benzene ring substituents is 1. The number of allylic oxidation sites excluding steroid dienone is 1. The van der Waals surface area contributed by atoms with Gasteiger partial charge in [0.15, 0.2) is 11.5 Å². The zero-order valence-corrected chi connectivity index (χ0v) is 15.2. The van der Waals surface area contributed by atoms with Crippen LogP contribution in [0, 0.1) is 21.4 Å². The molecule has 0 aliphatic heterocycles. The van der Waals surface area contributed by atoms with E-state index in [4.69, 9.17) is 9.47 Å². The van der Waals surface area contributed by atoms with Crippen LogP contribution in [0.25, 0.3) is 22.4 Å². The third-order valence-electron chi connectivity index (χ3n) is 4.35. The molecule has 3 aromatic carbocycles. The van der Waals surface area contributed by atoms with Crippen LogP contribution in [0.15, 0.2) is 48.5 Å². The molecule has 0 saturated carbocycles. The van der Waals surface area contributed by atoms with E-state index in [0.29, 0.717) is 5.56 Å². The second-order valence-electron chi connectivity index (χ2n) is 5.87. The number of benzene rings is 3. The van der Waals surface area contributed by atoms with Crippen LogP contribution >= 0.6 is 0 Å². The van der Waals surface area contributed by atoms with Crippen molar-refractivity contribution in [1.29, 1.82) is 5.26 Å². The van der Waals surface area contributed by atoms with Crippen molar-refractivity contribution in [2.24, 2.45) is 0 Å². The summed E-state index contributed by atoms with van der Waals surface area (Å²) in [5, 5.41) is 33.2. The molecule has 3 rings (SSSR count). The van der Waals surface area contributed by atoms with Gasteiger partial charge < -0.3 is 14.6 Å². The van der Waals surface area contributed by atoms with E-state index in [2.05, 4.69) is 0 Å². The van der Waals surface area contributed by atoms with E-state index in [1.807, 2.05) is 24.3 Å². The van der Waals surface area contributed by atoms with Gasteiger partial charge in [0.25, 0.3) is 5.69 Å². The van der Waals surface area contributed by atoms with E-state index >= 15 is 0 Å². The van der Waals surface area contributed by atoms with Crippen molar-refractivity contribution in [1.82, 2.24) is 0 Å². The molecule has 0 amide bonds. The molecule has 0 aromatic heterocycles. The minimum absolute atomic E-state index is 0.0132. The second-order valence-corrected chi connectivity index (χ2v) is 5.87. The van der Waals surface area contributed by atoms with Gasteiger partial charge in [-0.25, -0.2) is 0 Å². The lowest BCUT2D eigenvalue weighted by molar-refractivity contribution is -0.385. The highest BCUT2D eigenvalue weighted by molar-refractivity contribution is 6.01. The molecule has 0 atom stereocenters. The van der Waals surface area contributed by atoms with E-state index in [1.54, 1.807) is 12.1 Å². The third kappa shape index (κ3) is 3.31. The molecule has 7 nitrogen and oxygen atoms in total. The lowest BCUT2D eigenvalue weighted by Gasteiger charge is -2.11. The molecule has 0 heterocycles. The maximum atomic E-state index is 11.6. The van der Waals surface area contributed by atoms with Gasteiger partial charge >= 0.3 is 0 Å². The molecule has 0 aliphatic rings. The first kappa shape index (κ1) is 18.7. The quantitative estimate of drug-likeness (QED) is 0.303. The number of ether oxygens (including phenoxy) is 2. The minimum Gasteiger partial charge on any atom is -0.507 e. The SMILES string of the molecule is COc1cc(/C(C#N)=C/c2c(O)ccc3ccccc23)c([N+](=O)[O-])cc1OC. The van der Waals surface area contributed by atoms with E-state index in [1.165, 1.54) is 38.5 Å². The van der Waals surface area contributed by atoms with Gasteiger partial charge in [-0.15, -0.1) is 0 Å². The lowest BCUT2D eigenvalue weighted by atomic mass is 9.97. The number of hydrogen-bond acceptors (Lipinski definition) is 6. The number of phenolic OH excluding ortho intramolecular Hbond substituents is 1. The van der Waals surface area contributed by atoms with Gasteiger partial charge in [0.2, 0.25) is 0 Å². The number of methoxy groups -OCH3 is 2. The molecule has 0 radical (unpaired) electrons. The number of nitriles is 1. The summed E-state index contributed by atoms with van der Waals surface area (Å²) in [6, 6.07) is 15.2. The Balaban J connectivity index is 2.30. The Bertz CT molecular complexity index is 1150. The zero-order valence-electron chi connectivity index (χ0n) is 15.2. The van der Waals surface area contributed by atoms with Crippen molar-refractivity contribution in [2.45, 2.75) is 0 Å². The third-order valence-corrected chi connectivity index (χ3v) is 4.35. The van der Waals surface area contributed by atoms with Gasteiger partial charge in [0.1, 0.15) is 11.8 Å². The molecule has 0 unspecified atom stereocenters. The Kier molecular flexibility index (Phi) is 5.14. The Morgan fingerprint density at radius 1 is 1.14 bits per heavy atom. The van der Waals surface area contributed by atoms with Crippen LogP contribution < -0.4 is 9.47 Å². The fraction of sp³-hybridized carbons (Fsp3) is 0.0952. The van der Waals surface area contributed by atoms with Gasteiger partial charge in [-0.2, -0.15) is 5.26 Å². The summed E-state index contributed by atoms with van der Waals surface area (Å²) < 4.78 is 10.3. The van der Waals surface area contributed by atoms with Gasteiger partial charge in [0, 0.05) is 5.56 Å². The van der Waals surface area contributed by atoms with Crippen LogP contribution in [-0.2, 0) is 0 Å². The molecular formula is C21H16N2O5. The second kappa shape index (κ2) is 7.68. The van der Waals surface area contributed by atoms with Gasteiger partial charge in [-0.05, 0) is 29.0 Å². The van der Waals surface area contributed by atoms with Crippen molar-refractivity contribution in [2.75, 3.05) is 14.2 Å². The van der Waals surface area contributed by atoms with Crippen molar-refractivity contribution in [3.8, 4) is 23.3 Å². The number of hydrogen-bond donors (Lipinski definition) is 1. The monoisotopic (exact) mass is 376 g/mol. The first-order chi connectivity index (χ1) is 13.5. The van der Waals surface area contributed by atoms with E-state index < -0.39 is 4.92 Å². The average Bonchev–Trinajstić information content (AvgIpc) is 2.72. The summed E-state index contributed by atoms with van der Waals surface area (Å²) in [7, 11) is 2.77. The van der Waals surface area contributed by atoms with Crippen LogP contribution in [0.1, 0.15) is 11.1 Å². The number of fused-ring (bicyclic) bond motifs is 1. The Hall–Kier alpha value is -4.05. The molecule has 0 saturated heterocycles. The van der Waals surface area contributed by atoms with Crippen molar-refractivity contribution < 1.29 is 19.5 Å². The van der Waals surface area contributed by atoms with Gasteiger partial charge in [-0.3, -0.25) is 10.1 Å². The highest BCUT2D eigenvalue weighted by Gasteiger charge is 2.23. The molecule has 1 N–H and O–H groups in total. The summed E-state index contributed by atoms with van der Waals surface area (Å²) in [5.74, 6) is 0.407. The fourth-order valence-electron chi connectivity index (χ4n) is 2.99. The molecule has 140 valence electrons. The normalized spacial score (nSPS) is 11.1. The molecule has 28 heavy (non-hydrogen) atoms. The Morgan fingerprint density at radius 2 is 1.82 bits per heavy atom. The first-order valence-electron chi connectivity index (χ1n) is 8.23. The average molecular weight is 376 g/mol. The zero-order chi connectivity index (χ0) is 20.3. The van der Waals surface area contributed by atoms with Crippen LogP contribution in [0.3, 0.4) is 0 Å². The summed E-state index contributed by atoms with van der Waals surface area (Å²) in [5.41, 5.74) is 0.181. The minimum atomic E-state index is -0.592. The van der Waals surface area contributed by atoms with E-state index in [0.717, 1.165) is 10.8 Å². The summed E-state index contributed by atoms with van der Waals surface area (Å²) in [6.45, 7) is 0. The van der Waals surface area contributed by atoms with Gasteiger partial charge in [-0.1, -0.05) is 30.3 Å². The Labute approximate surface area is 160 Å². The lowest BCUT2D eigenvalue weighted by Crippen LogP contribution is -1.99. The number of nitrogens with zero attached hydrogens (tertiary/aromatic N) is 2. The van der Waals surface area contributed by atoms with Crippen molar-refractivity contribution in [3.63, 3.8) is 0 Å². The molecular weight excluding hydrogens is 360 g/mol. The van der Waals surface area contributed by atoms with E-state index in [-0.39, 0.29) is 34.1 Å². The smallest absolute Gasteiger partial charge is 0.281 e. The Morgan fingerprint density at radius 3 is 2.46 bits per heavy atom. The maximum absolute atomic E-state index is 11.6. The van der Waals surface area contributed by atoms with Crippen molar-refractivity contribution >= 4 is 28.1 Å².